The fraction of sp³-hybridized carbons (Fsp3) is 0.500. The van der Waals surface area contributed by atoms with E-state index in [0.29, 0.717) is 0 Å². The van der Waals surface area contributed by atoms with Gasteiger partial charge in [0.1, 0.15) is 0 Å². The van der Waals surface area contributed by atoms with Gasteiger partial charge >= 0.3 is 121 Å². The molecule has 0 N–H and O–H groups in total. The van der Waals surface area contributed by atoms with Gasteiger partial charge in [0.2, 0.25) is 0 Å². The summed E-state index contributed by atoms with van der Waals surface area (Å²) < 4.78 is 3.62. The Bertz CT molecular complexity index is 479. The molecule has 1 aliphatic heterocycles. The summed E-state index contributed by atoms with van der Waals surface area (Å²) in [7, 11) is -0.949. The van der Waals surface area contributed by atoms with Crippen molar-refractivity contribution in [3.8, 4) is 0 Å². The summed E-state index contributed by atoms with van der Waals surface area (Å²) in [5.74, 6) is 0. The molecule has 20 heavy (non-hydrogen) atoms. The maximum absolute atomic E-state index is 2.53. The Morgan fingerprint density at radius 3 is 2.45 bits per heavy atom. The predicted octanol–water partition coefficient (Wildman–Crippen LogP) is -1.06. The van der Waals surface area contributed by atoms with E-state index in [9.17, 15) is 0 Å². The Morgan fingerprint density at radius 1 is 1.20 bits per heavy atom. The molecular formula is C16H22Cl2SiTi. The topological polar surface area (TPSA) is 0 Å². The van der Waals surface area contributed by atoms with Crippen LogP contribution in [0.3, 0.4) is 0 Å². The van der Waals surface area contributed by atoms with Crippen molar-refractivity contribution < 1.29 is 44.0 Å². The summed E-state index contributed by atoms with van der Waals surface area (Å²) in [6.07, 6.45) is 13.6. The van der Waals surface area contributed by atoms with Crippen molar-refractivity contribution in [2.75, 3.05) is 0 Å². The Hall–Kier alpha value is 0.471. The van der Waals surface area contributed by atoms with Crippen LogP contribution in [0.5, 0.6) is 0 Å². The minimum absolute atomic E-state index is 0. The number of rotatable bonds is 4. The number of hydrogen-bond acceptors (Lipinski definition) is 0. The van der Waals surface area contributed by atoms with Crippen LogP contribution in [-0.2, 0) is 19.2 Å². The molecule has 0 amide bonds. The largest absolute Gasteiger partial charge is 1.00 e. The van der Waals surface area contributed by atoms with Gasteiger partial charge in [0.15, 0.2) is 0 Å². The van der Waals surface area contributed by atoms with Crippen molar-refractivity contribution in [1.29, 1.82) is 0 Å². The van der Waals surface area contributed by atoms with Gasteiger partial charge < -0.3 is 24.8 Å². The molecule has 0 aromatic carbocycles. The summed E-state index contributed by atoms with van der Waals surface area (Å²) in [5, 5.41) is 1.99. The Balaban J connectivity index is 0.000001000. The second-order valence-corrected chi connectivity index (χ2v) is 12.9. The Morgan fingerprint density at radius 2 is 1.95 bits per heavy atom. The quantitative estimate of drug-likeness (QED) is 0.560. The zero-order valence-electron chi connectivity index (χ0n) is 12.3. The molecule has 108 valence electrons. The average molecular weight is 361 g/mol. The zero-order chi connectivity index (χ0) is 12.6. The summed E-state index contributed by atoms with van der Waals surface area (Å²) in [6.45, 7) is 4.82. The van der Waals surface area contributed by atoms with Gasteiger partial charge in [-0.05, 0) is 0 Å². The second kappa shape index (κ2) is 7.65. The van der Waals surface area contributed by atoms with Gasteiger partial charge in [-0.3, -0.25) is 0 Å². The van der Waals surface area contributed by atoms with Crippen molar-refractivity contribution in [3.05, 3.63) is 42.8 Å². The maximum Gasteiger partial charge on any atom is -1.00 e. The number of hydrogen-bond donors (Lipinski definition) is 0. The van der Waals surface area contributed by atoms with E-state index in [0.717, 1.165) is 0 Å². The fourth-order valence-corrected chi connectivity index (χ4v) is 11.2. The third-order valence-corrected chi connectivity index (χ3v) is 13.7. The molecule has 4 heteroatoms. The van der Waals surface area contributed by atoms with Crippen LogP contribution < -0.4 is 24.8 Å². The first-order valence-electron chi connectivity index (χ1n) is 7.29. The molecule has 1 fully saturated rings. The van der Waals surface area contributed by atoms with E-state index in [2.05, 4.69) is 38.2 Å². The molecule has 0 bridgehead atoms. The Kier molecular flexibility index (Phi) is 7.08. The first kappa shape index (κ1) is 18.5. The van der Waals surface area contributed by atoms with E-state index in [-0.39, 0.29) is 44.0 Å². The fourth-order valence-electron chi connectivity index (χ4n) is 3.53. The van der Waals surface area contributed by atoms with Crippen molar-refractivity contribution in [1.82, 2.24) is 0 Å². The van der Waals surface area contributed by atoms with E-state index in [1.54, 1.807) is 21.5 Å². The van der Waals surface area contributed by atoms with Crippen LogP contribution >= 0.6 is 0 Å². The van der Waals surface area contributed by atoms with Gasteiger partial charge in [-0.25, -0.2) is 0 Å². The van der Waals surface area contributed by atoms with Crippen molar-refractivity contribution in [2.45, 2.75) is 51.2 Å². The molecule has 0 nitrogen and oxygen atoms in total. The first-order chi connectivity index (χ1) is 8.75. The van der Waals surface area contributed by atoms with Gasteiger partial charge in [0.25, 0.3) is 0 Å². The van der Waals surface area contributed by atoms with E-state index >= 15 is 0 Å². The summed E-state index contributed by atoms with van der Waals surface area (Å²) >= 11 is -0.0120. The number of halogens is 2. The van der Waals surface area contributed by atoms with Crippen LogP contribution in [-0.4, -0.2) is 8.07 Å². The summed E-state index contributed by atoms with van der Waals surface area (Å²) in [4.78, 5) is 0. The molecule has 3 aliphatic rings. The maximum atomic E-state index is 2.53. The minimum atomic E-state index is -0.949. The second-order valence-electron chi connectivity index (χ2n) is 5.88. The molecule has 0 radical (unpaired) electrons. The molecule has 0 aromatic heterocycles. The van der Waals surface area contributed by atoms with Crippen LogP contribution in [0.1, 0.15) is 33.1 Å². The minimum Gasteiger partial charge on any atom is -1.00 e. The molecule has 2 aliphatic carbocycles. The molecule has 0 aromatic rings. The normalized spacial score (nSPS) is 22.3. The smallest absolute Gasteiger partial charge is 1.00 e. The molecule has 0 unspecified atom stereocenters. The summed E-state index contributed by atoms with van der Waals surface area (Å²) in [5.41, 5.74) is 1.64. The van der Waals surface area contributed by atoms with Crippen LogP contribution in [0.4, 0.5) is 0 Å². The molecule has 1 heterocycles. The molecule has 3 rings (SSSR count). The van der Waals surface area contributed by atoms with Crippen LogP contribution in [0.15, 0.2) is 42.8 Å². The first-order valence-corrected chi connectivity index (χ1v) is 11.5. The van der Waals surface area contributed by atoms with Crippen LogP contribution in [0, 0.1) is 0 Å². The third-order valence-electron chi connectivity index (χ3n) is 4.99. The van der Waals surface area contributed by atoms with Gasteiger partial charge in [-0.2, -0.15) is 0 Å². The third kappa shape index (κ3) is 3.28. The Labute approximate surface area is 145 Å². The average Bonchev–Trinajstić information content (AvgIpc) is 2.93. The van der Waals surface area contributed by atoms with E-state index in [4.69, 9.17) is 0 Å². The van der Waals surface area contributed by atoms with Crippen LogP contribution in [0.25, 0.3) is 0 Å². The van der Waals surface area contributed by atoms with Crippen molar-refractivity contribution in [2.24, 2.45) is 0 Å². The van der Waals surface area contributed by atoms with E-state index < -0.39 is 8.07 Å². The molecule has 0 atom stereocenters. The summed E-state index contributed by atoms with van der Waals surface area (Å²) in [6, 6.07) is 4.68. The van der Waals surface area contributed by atoms with Crippen molar-refractivity contribution >= 4 is 8.07 Å². The van der Waals surface area contributed by atoms with Crippen LogP contribution in [0.2, 0.25) is 18.1 Å². The van der Waals surface area contributed by atoms with Crippen molar-refractivity contribution in [3.63, 3.8) is 0 Å². The SMILES string of the molecule is CC[Si]1(C2=[C]([Ti+2][C]3=CC=CC3)C(C)=CC2)CCC1.[Cl-].[Cl-]. The monoisotopic (exact) mass is 360 g/mol. The molecule has 0 saturated carbocycles. The van der Waals surface area contributed by atoms with E-state index in [1.807, 2.05) is 9.07 Å². The van der Waals surface area contributed by atoms with Gasteiger partial charge in [0.05, 0.1) is 0 Å². The van der Waals surface area contributed by atoms with Gasteiger partial charge in [-0.15, -0.1) is 0 Å². The molecule has 1 saturated heterocycles. The standard InChI is InChI=1S/C11H17Si.C5H5.2ClH.Ti/c1-3-12(7-4-8-12)11-6-5-10(2)9-11;1-2-4-5-3-1;;;/h5H,3-4,6-8H2,1-2H3;1-3H,4H2;2*1H;/q;;;;+2/p-2. The van der Waals surface area contributed by atoms with E-state index in [1.165, 1.54) is 25.3 Å². The van der Waals surface area contributed by atoms with Gasteiger partial charge in [-0.1, -0.05) is 0 Å². The predicted molar refractivity (Wildman–Crippen MR) is 77.7 cm³/mol. The number of allylic oxidation sites excluding steroid dienone is 8. The van der Waals surface area contributed by atoms with Gasteiger partial charge in [0, 0.05) is 0 Å². The molecule has 0 spiro atoms. The molecular weight excluding hydrogens is 339 g/mol. The zero-order valence-corrected chi connectivity index (χ0v) is 16.4.